The van der Waals surface area contributed by atoms with Crippen LogP contribution >= 0.6 is 23.5 Å². The third-order valence-corrected chi connectivity index (χ3v) is 3.19. The summed E-state index contributed by atoms with van der Waals surface area (Å²) in [6.07, 6.45) is 1.70. The smallest absolute Gasteiger partial charge is 0.333 e. The van der Waals surface area contributed by atoms with Gasteiger partial charge in [-0.15, -0.1) is 9.78 Å². The zero-order valence-electron chi connectivity index (χ0n) is 9.97. The van der Waals surface area contributed by atoms with Crippen molar-refractivity contribution in [3.63, 3.8) is 0 Å². The molecule has 0 unspecified atom stereocenters. The Kier molecular flexibility index (Phi) is 3.78. The van der Waals surface area contributed by atoms with Crippen LogP contribution in [-0.4, -0.2) is 36.7 Å². The van der Waals surface area contributed by atoms with Gasteiger partial charge in [-0.25, -0.2) is 14.0 Å². The number of halogens is 1. The molecule has 2 N–H and O–H groups in total. The summed E-state index contributed by atoms with van der Waals surface area (Å²) in [6, 6.07) is -0.733. The number of hydrogen-bond acceptors (Lipinski definition) is 5. The van der Waals surface area contributed by atoms with Gasteiger partial charge < -0.3 is 5.84 Å². The summed E-state index contributed by atoms with van der Waals surface area (Å²) < 4.78 is 2.35. The standard InChI is InChI=1S/C8H14ClN5O2S/c1-8(2,3)14(9)7(16)13-6(15)12(10)5(11-13)17-4/h10H2,1-4H3. The summed E-state index contributed by atoms with van der Waals surface area (Å²) in [5, 5.41) is 4.03. The molecule has 0 spiro atoms. The van der Waals surface area contributed by atoms with Crippen molar-refractivity contribution < 1.29 is 4.79 Å². The lowest BCUT2D eigenvalue weighted by Gasteiger charge is -2.27. The zero-order valence-corrected chi connectivity index (χ0v) is 11.5. The van der Waals surface area contributed by atoms with E-state index in [9.17, 15) is 9.59 Å². The number of amides is 1. The van der Waals surface area contributed by atoms with Crippen molar-refractivity contribution >= 4 is 29.6 Å². The quantitative estimate of drug-likeness (QED) is 0.465. The Morgan fingerprint density at radius 3 is 2.41 bits per heavy atom. The van der Waals surface area contributed by atoms with E-state index in [4.69, 9.17) is 17.6 Å². The van der Waals surface area contributed by atoms with Gasteiger partial charge in [0, 0.05) is 11.8 Å². The average molecular weight is 280 g/mol. The molecule has 9 heteroatoms. The molecule has 0 aliphatic heterocycles. The first-order valence-electron chi connectivity index (χ1n) is 4.71. The highest BCUT2D eigenvalue weighted by atomic mass is 35.5. The second-order valence-corrected chi connectivity index (χ2v) is 5.40. The van der Waals surface area contributed by atoms with Crippen LogP contribution in [0.2, 0.25) is 0 Å². The Morgan fingerprint density at radius 1 is 1.53 bits per heavy atom. The second kappa shape index (κ2) is 4.61. The van der Waals surface area contributed by atoms with Crippen LogP contribution in [0.4, 0.5) is 4.79 Å². The van der Waals surface area contributed by atoms with Crippen LogP contribution in [-0.2, 0) is 0 Å². The summed E-state index contributed by atoms with van der Waals surface area (Å²) >= 11 is 7.01. The molecule has 0 aliphatic rings. The lowest BCUT2D eigenvalue weighted by atomic mass is 10.1. The largest absolute Gasteiger partial charge is 0.374 e. The van der Waals surface area contributed by atoms with E-state index in [1.165, 1.54) is 0 Å². The third kappa shape index (κ3) is 2.58. The Bertz CT molecular complexity index is 489. The van der Waals surface area contributed by atoms with E-state index in [1.807, 2.05) is 0 Å². The Hall–Kier alpha value is -1.15. The molecule has 1 heterocycles. The number of carbonyl (C=O) groups is 1. The van der Waals surface area contributed by atoms with Crippen molar-refractivity contribution in [2.24, 2.45) is 0 Å². The first-order chi connectivity index (χ1) is 7.70. The Morgan fingerprint density at radius 2 is 2.06 bits per heavy atom. The van der Waals surface area contributed by atoms with Gasteiger partial charge in [0.1, 0.15) is 0 Å². The van der Waals surface area contributed by atoms with Gasteiger partial charge in [0.2, 0.25) is 5.16 Å². The fourth-order valence-electron chi connectivity index (χ4n) is 0.994. The molecule has 0 saturated carbocycles. The summed E-state index contributed by atoms with van der Waals surface area (Å²) in [5.41, 5.74) is -1.36. The van der Waals surface area contributed by atoms with E-state index in [1.54, 1.807) is 27.0 Å². The van der Waals surface area contributed by atoms with E-state index < -0.39 is 17.3 Å². The summed E-state index contributed by atoms with van der Waals surface area (Å²) in [5.74, 6) is 5.45. The van der Waals surface area contributed by atoms with Crippen LogP contribution in [0.25, 0.3) is 0 Å². The minimum Gasteiger partial charge on any atom is -0.333 e. The molecule has 17 heavy (non-hydrogen) atoms. The van der Waals surface area contributed by atoms with Crippen molar-refractivity contribution in [1.29, 1.82) is 0 Å². The van der Waals surface area contributed by atoms with Crippen LogP contribution in [0.1, 0.15) is 20.8 Å². The van der Waals surface area contributed by atoms with Crippen LogP contribution in [0.3, 0.4) is 0 Å². The number of nitrogen functional groups attached to an aromatic ring is 1. The third-order valence-electron chi connectivity index (χ3n) is 1.90. The molecule has 96 valence electrons. The fraction of sp³-hybridized carbons (Fsp3) is 0.625. The molecule has 0 atom stereocenters. The summed E-state index contributed by atoms with van der Waals surface area (Å²) in [7, 11) is 0. The highest BCUT2D eigenvalue weighted by molar-refractivity contribution is 7.98. The van der Waals surface area contributed by atoms with Gasteiger partial charge in [-0.2, -0.15) is 4.68 Å². The first-order valence-corrected chi connectivity index (χ1v) is 6.28. The van der Waals surface area contributed by atoms with Crippen LogP contribution in [0, 0.1) is 0 Å². The molecule has 1 aromatic rings. The van der Waals surface area contributed by atoms with Crippen LogP contribution in [0.15, 0.2) is 9.95 Å². The first kappa shape index (κ1) is 13.9. The maximum atomic E-state index is 11.9. The highest BCUT2D eigenvalue weighted by Gasteiger charge is 2.29. The number of aromatic nitrogens is 3. The monoisotopic (exact) mass is 279 g/mol. The van der Waals surface area contributed by atoms with E-state index in [0.29, 0.717) is 4.68 Å². The molecule has 1 aromatic heterocycles. The Balaban J connectivity index is 3.19. The van der Waals surface area contributed by atoms with Gasteiger partial charge in [0.15, 0.2) is 0 Å². The van der Waals surface area contributed by atoms with E-state index in [2.05, 4.69) is 5.10 Å². The lowest BCUT2D eigenvalue weighted by molar-refractivity contribution is 0.195. The number of thioether (sulfide) groups is 1. The van der Waals surface area contributed by atoms with Gasteiger partial charge in [-0.1, -0.05) is 11.8 Å². The van der Waals surface area contributed by atoms with Gasteiger partial charge in [0.25, 0.3) is 0 Å². The van der Waals surface area contributed by atoms with E-state index >= 15 is 0 Å². The molecule has 0 radical (unpaired) electrons. The molecule has 0 bridgehead atoms. The maximum Gasteiger partial charge on any atom is 0.374 e. The number of hydrogen-bond donors (Lipinski definition) is 1. The number of nitrogens with two attached hydrogens (primary N) is 1. The number of nitrogens with zero attached hydrogens (tertiary/aromatic N) is 4. The molecule has 0 aliphatic carbocycles. The van der Waals surface area contributed by atoms with Gasteiger partial charge in [-0.3, -0.25) is 0 Å². The van der Waals surface area contributed by atoms with Gasteiger partial charge >= 0.3 is 11.7 Å². The minimum absolute atomic E-state index is 0.238. The molecule has 0 saturated heterocycles. The van der Waals surface area contributed by atoms with Crippen molar-refractivity contribution in [3.05, 3.63) is 10.5 Å². The zero-order chi connectivity index (χ0) is 13.4. The van der Waals surface area contributed by atoms with Crippen molar-refractivity contribution in [1.82, 2.24) is 18.9 Å². The molecular weight excluding hydrogens is 266 g/mol. The van der Waals surface area contributed by atoms with Crippen molar-refractivity contribution in [2.45, 2.75) is 31.5 Å². The van der Waals surface area contributed by atoms with Crippen molar-refractivity contribution in [2.75, 3.05) is 12.1 Å². The Labute approximate surface area is 108 Å². The molecular formula is C8H14ClN5O2S. The predicted octanol–water partition coefficient (Wildman–Crippen LogP) is 0.703. The highest BCUT2D eigenvalue weighted by Crippen LogP contribution is 2.17. The van der Waals surface area contributed by atoms with E-state index in [0.717, 1.165) is 20.9 Å². The van der Waals surface area contributed by atoms with Gasteiger partial charge in [-0.05, 0) is 27.0 Å². The summed E-state index contributed by atoms with van der Waals surface area (Å²) in [4.78, 5) is 23.6. The minimum atomic E-state index is -0.733. The molecule has 1 amide bonds. The van der Waals surface area contributed by atoms with Crippen LogP contribution < -0.4 is 11.5 Å². The topological polar surface area (TPSA) is 86.2 Å². The maximum absolute atomic E-state index is 11.9. The average Bonchev–Trinajstić information content (AvgIpc) is 2.52. The fourth-order valence-corrected chi connectivity index (χ4v) is 1.50. The predicted molar refractivity (Wildman–Crippen MR) is 66.7 cm³/mol. The lowest BCUT2D eigenvalue weighted by Crippen LogP contribution is -2.45. The number of carbonyl (C=O) groups excluding carboxylic acids is 1. The normalized spacial score (nSPS) is 11.6. The molecule has 1 rings (SSSR count). The second-order valence-electron chi connectivity index (χ2n) is 4.29. The number of rotatable bonds is 1. The van der Waals surface area contributed by atoms with Crippen LogP contribution in [0.5, 0.6) is 0 Å². The summed E-state index contributed by atoms with van der Waals surface area (Å²) in [6.45, 7) is 5.20. The molecule has 0 fully saturated rings. The van der Waals surface area contributed by atoms with Crippen molar-refractivity contribution in [3.8, 4) is 0 Å². The van der Waals surface area contributed by atoms with E-state index in [-0.39, 0.29) is 5.16 Å². The SMILES string of the molecule is CSc1nn(C(=O)N(Cl)C(C)(C)C)c(=O)n1N. The van der Waals surface area contributed by atoms with Gasteiger partial charge in [0.05, 0.1) is 5.54 Å². The molecule has 7 nitrogen and oxygen atoms in total. The molecule has 0 aromatic carbocycles.